The molecule has 0 spiro atoms. The van der Waals surface area contributed by atoms with Gasteiger partial charge < -0.3 is 4.90 Å². The van der Waals surface area contributed by atoms with Gasteiger partial charge in [0.15, 0.2) is 0 Å². The fraction of sp³-hybridized carbons (Fsp3) is 0.444. The summed E-state index contributed by atoms with van der Waals surface area (Å²) in [4.78, 5) is 33.6. The molecule has 0 bridgehead atoms. The highest BCUT2D eigenvalue weighted by Gasteiger charge is 2.28. The lowest BCUT2D eigenvalue weighted by molar-refractivity contribution is 0.0656. The van der Waals surface area contributed by atoms with Crippen molar-refractivity contribution in [3.8, 4) is 0 Å². The minimum Gasteiger partial charge on any atom is -0.328 e. The molecule has 0 saturated heterocycles. The van der Waals surface area contributed by atoms with Gasteiger partial charge in [-0.3, -0.25) is 14.2 Å². The van der Waals surface area contributed by atoms with Crippen LogP contribution in [0.3, 0.4) is 0 Å². The van der Waals surface area contributed by atoms with Crippen LogP contribution in [0.15, 0.2) is 53.3 Å². The highest BCUT2D eigenvalue weighted by Crippen LogP contribution is 2.27. The van der Waals surface area contributed by atoms with E-state index in [1.807, 2.05) is 67.3 Å². The van der Waals surface area contributed by atoms with Gasteiger partial charge in [0.2, 0.25) is 0 Å². The molecule has 3 rings (SSSR count). The molecule has 0 aliphatic rings. The Morgan fingerprint density at radius 2 is 1.69 bits per heavy atom. The van der Waals surface area contributed by atoms with E-state index in [1.165, 1.54) is 5.56 Å². The summed E-state index contributed by atoms with van der Waals surface area (Å²) < 4.78 is 1.72. The monoisotopic (exact) mass is 433 g/mol. The average molecular weight is 434 g/mol. The van der Waals surface area contributed by atoms with E-state index in [2.05, 4.69) is 27.7 Å². The van der Waals surface area contributed by atoms with Crippen LogP contribution in [0, 0.1) is 0 Å². The van der Waals surface area contributed by atoms with E-state index in [1.54, 1.807) is 4.57 Å². The van der Waals surface area contributed by atoms with Crippen molar-refractivity contribution in [3.05, 3.63) is 75.8 Å². The lowest BCUT2D eigenvalue weighted by atomic mass is 9.86. The number of carbonyl (C=O) groups is 1. The fourth-order valence-electron chi connectivity index (χ4n) is 4.21. The molecule has 1 unspecified atom stereocenters. The Morgan fingerprint density at radius 3 is 2.25 bits per heavy atom. The molecule has 0 aliphatic heterocycles. The number of nitrogens with zero attached hydrogens (tertiary/aromatic N) is 3. The number of rotatable bonds is 7. The smallest absolute Gasteiger partial charge is 0.261 e. The molecule has 5 heteroatoms. The summed E-state index contributed by atoms with van der Waals surface area (Å²) in [6.45, 7) is 13.7. The summed E-state index contributed by atoms with van der Waals surface area (Å²) in [6.07, 6.45) is 1.50. The Kier molecular flexibility index (Phi) is 7.17. The molecule has 170 valence electrons. The third-order valence-corrected chi connectivity index (χ3v) is 5.99. The minimum absolute atomic E-state index is 0.0239. The largest absolute Gasteiger partial charge is 0.328 e. The third-order valence-electron chi connectivity index (χ3n) is 5.99. The number of aromatic nitrogens is 2. The Hall–Kier alpha value is -2.95. The van der Waals surface area contributed by atoms with Gasteiger partial charge in [-0.2, -0.15) is 0 Å². The molecule has 0 aliphatic carbocycles. The van der Waals surface area contributed by atoms with Crippen LogP contribution in [0.5, 0.6) is 0 Å². The molecule has 0 saturated carbocycles. The van der Waals surface area contributed by atoms with Gasteiger partial charge in [-0.05, 0) is 55.0 Å². The topological polar surface area (TPSA) is 55.2 Å². The second-order valence-corrected chi connectivity index (χ2v) is 9.29. The lowest BCUT2D eigenvalue weighted by Gasteiger charge is -2.32. The second kappa shape index (κ2) is 9.68. The zero-order valence-corrected chi connectivity index (χ0v) is 20.2. The van der Waals surface area contributed by atoms with Gasteiger partial charge in [0.05, 0.1) is 16.9 Å². The first-order chi connectivity index (χ1) is 15.2. The van der Waals surface area contributed by atoms with Crippen LogP contribution in [-0.4, -0.2) is 26.9 Å². The number of fused-ring (bicyclic) bond motifs is 1. The minimum atomic E-state index is -0.276. The van der Waals surface area contributed by atoms with Crippen molar-refractivity contribution in [3.63, 3.8) is 0 Å². The van der Waals surface area contributed by atoms with E-state index in [-0.39, 0.29) is 22.9 Å². The predicted molar refractivity (Wildman–Crippen MR) is 131 cm³/mol. The Bertz CT molecular complexity index is 1140. The zero-order valence-electron chi connectivity index (χ0n) is 20.2. The van der Waals surface area contributed by atoms with Crippen LogP contribution < -0.4 is 5.56 Å². The van der Waals surface area contributed by atoms with Crippen molar-refractivity contribution in [2.75, 3.05) is 6.54 Å². The van der Waals surface area contributed by atoms with E-state index < -0.39 is 0 Å². The zero-order chi connectivity index (χ0) is 23.5. The van der Waals surface area contributed by atoms with Crippen LogP contribution >= 0.6 is 0 Å². The molecule has 32 heavy (non-hydrogen) atoms. The summed E-state index contributed by atoms with van der Waals surface area (Å²) >= 11 is 0. The van der Waals surface area contributed by atoms with Gasteiger partial charge in [-0.1, -0.05) is 58.9 Å². The average Bonchev–Trinajstić information content (AvgIpc) is 2.78. The summed E-state index contributed by atoms with van der Waals surface area (Å²) in [6, 6.07) is 15.1. The van der Waals surface area contributed by atoms with Crippen molar-refractivity contribution in [2.45, 2.75) is 72.4 Å². The number of benzene rings is 2. The SMILES string of the molecule is CCCN(C(=O)c1ccc(C(C)(C)C)cc1)C(CC)c1nc2ccccc2c(=O)n1CC. The van der Waals surface area contributed by atoms with E-state index in [0.29, 0.717) is 41.8 Å². The van der Waals surface area contributed by atoms with Crippen LogP contribution in [0.25, 0.3) is 10.9 Å². The summed E-state index contributed by atoms with van der Waals surface area (Å²) in [7, 11) is 0. The maximum atomic E-state index is 13.6. The van der Waals surface area contributed by atoms with Gasteiger partial charge >= 0.3 is 0 Å². The molecular formula is C27H35N3O2. The lowest BCUT2D eigenvalue weighted by Crippen LogP contribution is -2.39. The predicted octanol–water partition coefficient (Wildman–Crippen LogP) is 5.72. The van der Waals surface area contributed by atoms with Gasteiger partial charge in [0.25, 0.3) is 11.5 Å². The van der Waals surface area contributed by atoms with Crippen LogP contribution in [0.1, 0.15) is 82.2 Å². The van der Waals surface area contributed by atoms with E-state index in [0.717, 1.165) is 6.42 Å². The standard InChI is InChI=1S/C27H35N3O2/c1-7-18-30(25(31)19-14-16-20(17-15-19)27(4,5)6)23(8-2)24-28-22-13-11-10-12-21(22)26(32)29(24)9-3/h10-17,23H,7-9,18H2,1-6H3. The Labute approximate surface area is 191 Å². The first-order valence-electron chi connectivity index (χ1n) is 11.6. The molecule has 3 aromatic rings. The number of carbonyl (C=O) groups excluding carboxylic acids is 1. The highest BCUT2D eigenvalue weighted by molar-refractivity contribution is 5.94. The first-order valence-corrected chi connectivity index (χ1v) is 11.6. The molecule has 1 amide bonds. The maximum absolute atomic E-state index is 13.6. The van der Waals surface area contributed by atoms with Crippen LogP contribution in [-0.2, 0) is 12.0 Å². The maximum Gasteiger partial charge on any atom is 0.261 e. The van der Waals surface area contributed by atoms with Gasteiger partial charge in [0, 0.05) is 18.7 Å². The number of amides is 1. The van der Waals surface area contributed by atoms with E-state index in [9.17, 15) is 9.59 Å². The van der Waals surface area contributed by atoms with Crippen molar-refractivity contribution < 1.29 is 4.79 Å². The Morgan fingerprint density at radius 1 is 1.03 bits per heavy atom. The van der Waals surface area contributed by atoms with Crippen molar-refractivity contribution >= 4 is 16.8 Å². The first kappa shape index (κ1) is 23.7. The van der Waals surface area contributed by atoms with Crippen molar-refractivity contribution in [1.82, 2.24) is 14.5 Å². The number of hydrogen-bond donors (Lipinski definition) is 0. The molecule has 1 aromatic heterocycles. The molecule has 0 radical (unpaired) electrons. The highest BCUT2D eigenvalue weighted by atomic mass is 16.2. The number of hydrogen-bond acceptors (Lipinski definition) is 3. The molecule has 1 atom stereocenters. The van der Waals surface area contributed by atoms with Crippen LogP contribution in [0.4, 0.5) is 0 Å². The van der Waals surface area contributed by atoms with Crippen molar-refractivity contribution in [1.29, 1.82) is 0 Å². The third kappa shape index (κ3) is 4.62. The summed E-state index contributed by atoms with van der Waals surface area (Å²) in [5.74, 6) is 0.635. The molecule has 0 fully saturated rings. The Balaban J connectivity index is 2.08. The van der Waals surface area contributed by atoms with Gasteiger partial charge in [-0.15, -0.1) is 0 Å². The molecule has 0 N–H and O–H groups in total. The summed E-state index contributed by atoms with van der Waals surface area (Å²) in [5, 5.41) is 0.610. The van der Waals surface area contributed by atoms with Gasteiger partial charge in [-0.25, -0.2) is 4.98 Å². The second-order valence-electron chi connectivity index (χ2n) is 9.29. The molecule has 5 nitrogen and oxygen atoms in total. The molecule has 2 aromatic carbocycles. The van der Waals surface area contributed by atoms with Gasteiger partial charge in [0.1, 0.15) is 5.82 Å². The van der Waals surface area contributed by atoms with E-state index >= 15 is 0 Å². The van der Waals surface area contributed by atoms with Crippen LogP contribution in [0.2, 0.25) is 0 Å². The number of para-hydroxylation sites is 1. The fourth-order valence-corrected chi connectivity index (χ4v) is 4.21. The molecular weight excluding hydrogens is 398 g/mol. The van der Waals surface area contributed by atoms with Crippen molar-refractivity contribution in [2.24, 2.45) is 0 Å². The van der Waals surface area contributed by atoms with E-state index in [4.69, 9.17) is 4.98 Å². The quantitative estimate of drug-likeness (QED) is 0.479. The normalized spacial score (nSPS) is 12.7. The summed E-state index contributed by atoms with van der Waals surface area (Å²) in [5.41, 5.74) is 2.51. The molecule has 1 heterocycles.